The average molecular weight is 336 g/mol. The molecule has 3 rings (SSSR count). The van der Waals surface area contributed by atoms with Gasteiger partial charge in [-0.2, -0.15) is 0 Å². The number of hydrogen-bond donors (Lipinski definition) is 0. The molecule has 1 amide bonds. The molecule has 1 aromatic carbocycles. The lowest BCUT2D eigenvalue weighted by molar-refractivity contribution is -0.114. The number of rotatable bonds is 3. The number of halogens is 1. The van der Waals surface area contributed by atoms with E-state index < -0.39 is 11.7 Å². The molecular weight excluding hydrogens is 326 g/mol. The summed E-state index contributed by atoms with van der Waals surface area (Å²) < 4.78 is 0.682. The number of hydrogen-bond acceptors (Lipinski definition) is 3. The Balaban J connectivity index is 1.89. The van der Waals surface area contributed by atoms with Crippen LogP contribution in [0.3, 0.4) is 0 Å². The first-order chi connectivity index (χ1) is 9.18. The van der Waals surface area contributed by atoms with Gasteiger partial charge in [-0.15, -0.1) is 11.3 Å². The molecule has 0 atom stereocenters. The summed E-state index contributed by atoms with van der Waals surface area (Å²) >= 11 is 5.00. The minimum Gasteiger partial charge on any atom is -0.304 e. The second kappa shape index (κ2) is 4.90. The monoisotopic (exact) mass is 335 g/mol. The van der Waals surface area contributed by atoms with E-state index in [4.69, 9.17) is 0 Å². The van der Waals surface area contributed by atoms with Gasteiger partial charge in [0.15, 0.2) is 0 Å². The van der Waals surface area contributed by atoms with E-state index in [1.165, 1.54) is 4.88 Å². The predicted octanol–water partition coefficient (Wildman–Crippen LogP) is 3.28. The van der Waals surface area contributed by atoms with Crippen LogP contribution in [-0.4, -0.2) is 18.2 Å². The fraction of sp³-hybridized carbons (Fsp3) is 0.143. The van der Waals surface area contributed by atoms with Crippen LogP contribution in [0, 0.1) is 0 Å². The van der Waals surface area contributed by atoms with Gasteiger partial charge in [-0.3, -0.25) is 9.59 Å². The van der Waals surface area contributed by atoms with Crippen molar-refractivity contribution in [1.82, 2.24) is 0 Å². The molecule has 1 aliphatic rings. The Morgan fingerprint density at radius 2 is 2.00 bits per heavy atom. The fourth-order valence-corrected chi connectivity index (χ4v) is 3.43. The topological polar surface area (TPSA) is 37.4 Å². The lowest BCUT2D eigenvalue weighted by Gasteiger charge is -2.15. The Bertz CT molecular complexity index is 651. The van der Waals surface area contributed by atoms with Crippen LogP contribution in [0.1, 0.15) is 15.2 Å². The smallest absolute Gasteiger partial charge is 0.299 e. The predicted molar refractivity (Wildman–Crippen MR) is 78.8 cm³/mol. The lowest BCUT2D eigenvalue weighted by Crippen LogP contribution is -2.31. The van der Waals surface area contributed by atoms with E-state index in [0.29, 0.717) is 22.3 Å². The Kier molecular flexibility index (Phi) is 3.24. The van der Waals surface area contributed by atoms with Crippen LogP contribution >= 0.6 is 27.3 Å². The number of thiophene rings is 1. The molecule has 1 aromatic heterocycles. The molecule has 0 unspecified atom stereocenters. The third-order valence-corrected chi connectivity index (χ3v) is 4.71. The van der Waals surface area contributed by atoms with E-state index in [-0.39, 0.29) is 0 Å². The van der Waals surface area contributed by atoms with Gasteiger partial charge in [0, 0.05) is 15.9 Å². The minimum absolute atomic E-state index is 0.423. The fourth-order valence-electron chi connectivity index (χ4n) is 2.20. The Morgan fingerprint density at radius 3 is 2.74 bits per heavy atom. The van der Waals surface area contributed by atoms with Gasteiger partial charge < -0.3 is 4.90 Å². The van der Waals surface area contributed by atoms with E-state index in [0.717, 1.165) is 6.42 Å². The summed E-state index contributed by atoms with van der Waals surface area (Å²) in [5.41, 5.74) is 1.19. The van der Waals surface area contributed by atoms with Crippen molar-refractivity contribution in [3.05, 3.63) is 50.6 Å². The van der Waals surface area contributed by atoms with Crippen molar-refractivity contribution in [1.29, 1.82) is 0 Å². The van der Waals surface area contributed by atoms with Crippen LogP contribution in [0.15, 0.2) is 40.2 Å². The number of amides is 1. The van der Waals surface area contributed by atoms with Gasteiger partial charge >= 0.3 is 0 Å². The van der Waals surface area contributed by atoms with E-state index in [9.17, 15) is 9.59 Å². The summed E-state index contributed by atoms with van der Waals surface area (Å²) in [6, 6.07) is 9.47. The lowest BCUT2D eigenvalue weighted by atomic mass is 10.1. The summed E-state index contributed by atoms with van der Waals surface area (Å²) in [5.74, 6) is -0.855. The van der Waals surface area contributed by atoms with Gasteiger partial charge in [0.25, 0.3) is 11.7 Å². The third-order valence-electron chi connectivity index (χ3n) is 3.11. The molecule has 5 heteroatoms. The molecule has 0 bridgehead atoms. The van der Waals surface area contributed by atoms with Gasteiger partial charge in [0.2, 0.25) is 0 Å². The molecule has 0 saturated heterocycles. The second-order valence-electron chi connectivity index (χ2n) is 4.25. The van der Waals surface area contributed by atoms with E-state index in [1.807, 2.05) is 29.6 Å². The van der Waals surface area contributed by atoms with Crippen molar-refractivity contribution in [3.63, 3.8) is 0 Å². The molecule has 96 valence electrons. The average Bonchev–Trinajstić information content (AvgIpc) is 2.98. The van der Waals surface area contributed by atoms with Gasteiger partial charge in [0.05, 0.1) is 11.3 Å². The van der Waals surface area contributed by atoms with Gasteiger partial charge in [0.1, 0.15) is 0 Å². The normalized spacial score (nSPS) is 14.1. The maximum atomic E-state index is 12.0. The first kappa shape index (κ1) is 12.6. The summed E-state index contributed by atoms with van der Waals surface area (Å²) in [6.45, 7) is 0.536. The summed E-state index contributed by atoms with van der Waals surface area (Å²) in [7, 11) is 0. The number of benzene rings is 1. The van der Waals surface area contributed by atoms with Crippen molar-refractivity contribution in [2.75, 3.05) is 11.4 Å². The first-order valence-corrected chi connectivity index (χ1v) is 7.53. The summed E-state index contributed by atoms with van der Waals surface area (Å²) in [5, 5.41) is 2.01. The molecule has 2 aromatic rings. The maximum Gasteiger partial charge on any atom is 0.299 e. The second-order valence-corrected chi connectivity index (χ2v) is 6.14. The SMILES string of the molecule is O=C1C(=O)N(CCc2cccs2)c2cccc(Br)c21. The molecule has 0 fully saturated rings. The number of fused-ring (bicyclic) bond motifs is 1. The molecule has 3 nitrogen and oxygen atoms in total. The van der Waals surface area contributed by atoms with Gasteiger partial charge in [-0.05, 0) is 45.9 Å². The van der Waals surface area contributed by atoms with Crippen molar-refractivity contribution >= 4 is 44.6 Å². The van der Waals surface area contributed by atoms with Crippen LogP contribution in [0.4, 0.5) is 5.69 Å². The van der Waals surface area contributed by atoms with Crippen molar-refractivity contribution in [3.8, 4) is 0 Å². The van der Waals surface area contributed by atoms with E-state index >= 15 is 0 Å². The molecular formula is C14H10BrNO2S. The zero-order valence-electron chi connectivity index (χ0n) is 9.93. The molecule has 0 saturated carbocycles. The van der Waals surface area contributed by atoms with E-state index in [1.54, 1.807) is 22.3 Å². The molecule has 0 aliphatic carbocycles. The van der Waals surface area contributed by atoms with Crippen molar-refractivity contribution in [2.24, 2.45) is 0 Å². The largest absolute Gasteiger partial charge is 0.304 e. The Labute approximate surface area is 123 Å². The quantitative estimate of drug-likeness (QED) is 0.807. The Hall–Kier alpha value is -1.46. The van der Waals surface area contributed by atoms with E-state index in [2.05, 4.69) is 15.9 Å². The first-order valence-electron chi connectivity index (χ1n) is 5.85. The van der Waals surface area contributed by atoms with Crippen LogP contribution < -0.4 is 4.90 Å². The number of carbonyl (C=O) groups excluding carboxylic acids is 2. The highest BCUT2D eigenvalue weighted by Crippen LogP contribution is 2.34. The highest BCUT2D eigenvalue weighted by Gasteiger charge is 2.36. The molecule has 0 radical (unpaired) electrons. The van der Waals surface area contributed by atoms with Gasteiger partial charge in [-0.1, -0.05) is 12.1 Å². The van der Waals surface area contributed by atoms with Crippen molar-refractivity contribution in [2.45, 2.75) is 6.42 Å². The van der Waals surface area contributed by atoms with Crippen LogP contribution in [-0.2, 0) is 11.2 Å². The molecule has 0 N–H and O–H groups in total. The summed E-state index contributed by atoms with van der Waals surface area (Å²) in [6.07, 6.45) is 0.767. The van der Waals surface area contributed by atoms with Crippen molar-refractivity contribution < 1.29 is 9.59 Å². The number of Topliss-reactive ketones (excluding diaryl/α,β-unsaturated/α-hetero) is 1. The van der Waals surface area contributed by atoms with Crippen LogP contribution in [0.25, 0.3) is 0 Å². The summed E-state index contributed by atoms with van der Waals surface area (Å²) in [4.78, 5) is 26.8. The zero-order chi connectivity index (χ0) is 13.4. The molecule has 2 heterocycles. The maximum absolute atomic E-state index is 12.0. The number of carbonyl (C=O) groups is 2. The van der Waals surface area contributed by atoms with Crippen LogP contribution in [0.5, 0.6) is 0 Å². The van der Waals surface area contributed by atoms with Crippen LogP contribution in [0.2, 0.25) is 0 Å². The highest BCUT2D eigenvalue weighted by atomic mass is 79.9. The number of anilines is 1. The Morgan fingerprint density at radius 1 is 1.16 bits per heavy atom. The highest BCUT2D eigenvalue weighted by molar-refractivity contribution is 9.10. The minimum atomic E-state index is -0.432. The third kappa shape index (κ3) is 2.13. The van der Waals surface area contributed by atoms with Gasteiger partial charge in [-0.25, -0.2) is 0 Å². The molecule has 19 heavy (non-hydrogen) atoms. The zero-order valence-corrected chi connectivity index (χ0v) is 12.3. The number of nitrogens with zero attached hydrogens (tertiary/aromatic N) is 1. The number of ketones is 1. The molecule has 0 spiro atoms. The standard InChI is InChI=1S/C14H10BrNO2S/c15-10-4-1-5-11-12(10)13(17)14(18)16(11)7-6-9-3-2-8-19-9/h1-5,8H,6-7H2. The molecule has 1 aliphatic heterocycles.